The zero-order valence-corrected chi connectivity index (χ0v) is 20.4. The normalized spacial score (nSPS) is 19.9. The van der Waals surface area contributed by atoms with Crippen molar-refractivity contribution < 1.29 is 19.7 Å². The number of aliphatic hydroxyl groups excluding tert-OH is 2. The van der Waals surface area contributed by atoms with Gasteiger partial charge in [-0.05, 0) is 47.5 Å². The van der Waals surface area contributed by atoms with Gasteiger partial charge in [-0.3, -0.25) is 14.6 Å². The molecule has 1 amide bonds. The Labute approximate surface area is 210 Å². The lowest BCUT2D eigenvalue weighted by Gasteiger charge is -2.57. The molecule has 0 bridgehead atoms. The monoisotopic (exact) mass is 488 g/mol. The molecule has 1 spiro atoms. The van der Waals surface area contributed by atoms with E-state index in [1.807, 2.05) is 41.3 Å². The number of hydrogen-bond acceptors (Lipinski definition) is 6. The molecule has 4 N–H and O–H groups in total. The largest absolute Gasteiger partial charge is 0.497 e. The molecule has 188 valence electrons. The van der Waals surface area contributed by atoms with Gasteiger partial charge in [0.15, 0.2) is 0 Å². The average molecular weight is 489 g/mol. The topological polar surface area (TPSA) is 101 Å². The van der Waals surface area contributed by atoms with Crippen LogP contribution in [0.3, 0.4) is 0 Å². The molecule has 36 heavy (non-hydrogen) atoms. The van der Waals surface area contributed by atoms with E-state index >= 15 is 0 Å². The Hall–Kier alpha value is -3.43. The molecule has 0 radical (unpaired) electrons. The molecule has 8 heteroatoms. The number of aromatic nitrogens is 1. The number of likely N-dealkylation sites (tertiary alicyclic amines) is 1. The lowest BCUT2D eigenvalue weighted by Crippen LogP contribution is -2.68. The number of anilines is 1. The van der Waals surface area contributed by atoms with Crippen LogP contribution in [0.15, 0.2) is 67.8 Å². The number of benzene rings is 2. The van der Waals surface area contributed by atoms with Crippen LogP contribution in [0.5, 0.6) is 5.75 Å². The Bertz CT molecular complexity index is 1290. The number of H-pyrrole nitrogens is 1. The van der Waals surface area contributed by atoms with Gasteiger partial charge in [0.2, 0.25) is 5.91 Å². The Balaban J connectivity index is 1.50. The third kappa shape index (κ3) is 4.12. The Morgan fingerprint density at radius 2 is 2.00 bits per heavy atom. The molecular weight excluding hydrogens is 456 g/mol. The maximum absolute atomic E-state index is 11.6. The van der Waals surface area contributed by atoms with Gasteiger partial charge in [-0.15, -0.1) is 0 Å². The second-order valence-electron chi connectivity index (χ2n) is 9.65. The molecule has 3 aromatic rings. The maximum atomic E-state index is 11.6. The molecule has 2 atom stereocenters. The highest BCUT2D eigenvalue weighted by molar-refractivity contribution is 5.98. The van der Waals surface area contributed by atoms with Crippen LogP contribution < -0.4 is 10.1 Å². The van der Waals surface area contributed by atoms with E-state index in [2.05, 4.69) is 34.4 Å². The summed E-state index contributed by atoms with van der Waals surface area (Å²) >= 11 is 0. The molecule has 2 aliphatic rings. The summed E-state index contributed by atoms with van der Waals surface area (Å²) in [4.78, 5) is 19.5. The van der Waals surface area contributed by atoms with Gasteiger partial charge in [-0.25, -0.2) is 0 Å². The number of carbonyl (C=O) groups is 1. The number of fused-ring (bicyclic) bond motifs is 4. The Morgan fingerprint density at radius 1 is 1.25 bits per heavy atom. The minimum atomic E-state index is -0.688. The quantitative estimate of drug-likeness (QED) is 0.287. The summed E-state index contributed by atoms with van der Waals surface area (Å²) < 4.78 is 5.44. The fraction of sp³-hybridized carbons (Fsp3) is 0.321. The zero-order valence-electron chi connectivity index (χ0n) is 20.4. The van der Waals surface area contributed by atoms with Crippen LogP contribution in [0.4, 0.5) is 5.69 Å². The number of aliphatic hydroxyl groups is 2. The first-order valence-electron chi connectivity index (χ1n) is 12.0. The Morgan fingerprint density at radius 3 is 2.64 bits per heavy atom. The number of rotatable bonds is 8. The molecule has 2 aliphatic heterocycles. The van der Waals surface area contributed by atoms with Gasteiger partial charge in [0, 0.05) is 59.9 Å². The number of methoxy groups -OCH3 is 1. The molecule has 1 saturated heterocycles. The van der Waals surface area contributed by atoms with Crippen molar-refractivity contribution in [2.75, 3.05) is 38.7 Å². The van der Waals surface area contributed by atoms with E-state index in [1.165, 1.54) is 11.6 Å². The van der Waals surface area contributed by atoms with E-state index in [-0.39, 0.29) is 24.0 Å². The summed E-state index contributed by atoms with van der Waals surface area (Å²) in [6, 6.07) is 13.5. The van der Waals surface area contributed by atoms with Gasteiger partial charge in [-0.2, -0.15) is 0 Å². The van der Waals surface area contributed by atoms with Gasteiger partial charge >= 0.3 is 0 Å². The van der Waals surface area contributed by atoms with Crippen LogP contribution in [0.2, 0.25) is 0 Å². The second kappa shape index (κ2) is 9.55. The van der Waals surface area contributed by atoms with Crippen LogP contribution in [0.25, 0.3) is 10.9 Å². The van der Waals surface area contributed by atoms with Crippen LogP contribution in [0.1, 0.15) is 22.9 Å². The molecule has 2 aromatic carbocycles. The third-order valence-electron chi connectivity index (χ3n) is 7.41. The number of hydrogen-bond donors (Lipinski definition) is 4. The highest BCUT2D eigenvalue weighted by Crippen LogP contribution is 2.49. The average Bonchev–Trinajstić information content (AvgIpc) is 3.26. The molecule has 1 fully saturated rings. The van der Waals surface area contributed by atoms with E-state index in [9.17, 15) is 15.0 Å². The van der Waals surface area contributed by atoms with Crippen molar-refractivity contribution in [1.29, 1.82) is 0 Å². The van der Waals surface area contributed by atoms with Crippen molar-refractivity contribution in [3.05, 3.63) is 84.6 Å². The highest BCUT2D eigenvalue weighted by atomic mass is 16.5. The first-order chi connectivity index (χ1) is 17.4. The van der Waals surface area contributed by atoms with E-state index < -0.39 is 6.23 Å². The van der Waals surface area contributed by atoms with Crippen molar-refractivity contribution in [2.24, 2.45) is 0 Å². The molecule has 8 nitrogen and oxygen atoms in total. The van der Waals surface area contributed by atoms with Crippen LogP contribution >= 0.6 is 0 Å². The molecule has 2 unspecified atom stereocenters. The number of aromatic amines is 1. The lowest BCUT2D eigenvalue weighted by molar-refractivity contribution is -0.111. The minimum absolute atomic E-state index is 0.0283. The van der Waals surface area contributed by atoms with Gasteiger partial charge in [-0.1, -0.05) is 25.3 Å². The molecule has 3 heterocycles. The number of ether oxygens (including phenoxy) is 1. The fourth-order valence-electron chi connectivity index (χ4n) is 5.73. The van der Waals surface area contributed by atoms with E-state index in [0.717, 1.165) is 34.5 Å². The summed E-state index contributed by atoms with van der Waals surface area (Å²) in [5.41, 5.74) is 4.78. The Kier molecular flexibility index (Phi) is 6.44. The summed E-state index contributed by atoms with van der Waals surface area (Å²) in [7, 11) is 1.65. The van der Waals surface area contributed by atoms with Crippen LogP contribution in [-0.4, -0.2) is 70.5 Å². The van der Waals surface area contributed by atoms with E-state index in [4.69, 9.17) is 4.74 Å². The molecule has 0 aliphatic carbocycles. The van der Waals surface area contributed by atoms with Crippen molar-refractivity contribution in [3.8, 4) is 5.75 Å². The van der Waals surface area contributed by atoms with E-state index in [0.29, 0.717) is 25.3 Å². The minimum Gasteiger partial charge on any atom is -0.497 e. The predicted octanol–water partition coefficient (Wildman–Crippen LogP) is 2.91. The summed E-state index contributed by atoms with van der Waals surface area (Å²) in [5.74, 6) is 0.522. The summed E-state index contributed by atoms with van der Waals surface area (Å²) in [5, 5.41) is 24.8. The number of amides is 1. The standard InChI is InChI=1S/C28H32N4O4/c1-4-24(34)29-19-8-6-18(7-9-19)13-31-15-28(16-32(17-28)25(35)5-2)26-21-11-10-20(36-3)12-22(21)30-27(26)23(31)14-33/h4-12,23,25,30,33,35H,1-2,13-17H2,3H3,(H,29,34). The second-order valence-corrected chi connectivity index (χ2v) is 9.65. The molecule has 5 rings (SSSR count). The van der Waals surface area contributed by atoms with Crippen molar-refractivity contribution in [2.45, 2.75) is 24.2 Å². The number of carbonyl (C=O) groups excluding carboxylic acids is 1. The molecule has 0 saturated carbocycles. The number of nitrogens with zero attached hydrogens (tertiary/aromatic N) is 2. The van der Waals surface area contributed by atoms with Crippen LogP contribution in [-0.2, 0) is 16.8 Å². The molecular formula is C28H32N4O4. The van der Waals surface area contributed by atoms with Crippen LogP contribution in [0, 0.1) is 0 Å². The van der Waals surface area contributed by atoms with Gasteiger partial charge in [0.05, 0.1) is 19.8 Å². The van der Waals surface area contributed by atoms with Gasteiger partial charge in [0.1, 0.15) is 12.0 Å². The van der Waals surface area contributed by atoms with E-state index in [1.54, 1.807) is 13.2 Å². The zero-order chi connectivity index (χ0) is 25.4. The number of nitrogens with one attached hydrogen (secondary N) is 2. The van der Waals surface area contributed by atoms with Crippen molar-refractivity contribution >= 4 is 22.5 Å². The first kappa shape index (κ1) is 24.3. The smallest absolute Gasteiger partial charge is 0.247 e. The molecule has 1 aromatic heterocycles. The van der Waals surface area contributed by atoms with Crippen molar-refractivity contribution in [3.63, 3.8) is 0 Å². The SMILES string of the molecule is C=CC(=O)Nc1ccc(CN2CC3(CN(C(O)C=C)C3)c3c([nH]c4cc(OC)ccc34)C2CO)cc1. The third-order valence-corrected chi connectivity index (χ3v) is 7.41. The maximum Gasteiger partial charge on any atom is 0.247 e. The lowest BCUT2D eigenvalue weighted by atomic mass is 9.68. The fourth-order valence-corrected chi connectivity index (χ4v) is 5.73. The van der Waals surface area contributed by atoms with Gasteiger partial charge < -0.3 is 25.3 Å². The first-order valence-corrected chi connectivity index (χ1v) is 12.0. The predicted molar refractivity (Wildman–Crippen MR) is 140 cm³/mol. The van der Waals surface area contributed by atoms with Gasteiger partial charge in [0.25, 0.3) is 0 Å². The highest BCUT2D eigenvalue weighted by Gasteiger charge is 2.53. The summed E-state index contributed by atoms with van der Waals surface area (Å²) in [6.07, 6.45) is 2.11. The summed E-state index contributed by atoms with van der Waals surface area (Å²) in [6.45, 7) is 9.94. The van der Waals surface area contributed by atoms with Crippen molar-refractivity contribution in [1.82, 2.24) is 14.8 Å².